The Labute approximate surface area is 130 Å². The highest BCUT2D eigenvalue weighted by Crippen LogP contribution is 2.16. The van der Waals surface area contributed by atoms with Crippen molar-refractivity contribution < 1.29 is 4.79 Å². The Bertz CT molecular complexity index is 792. The van der Waals surface area contributed by atoms with Crippen molar-refractivity contribution in [3.63, 3.8) is 0 Å². The molecule has 3 rings (SSSR count). The van der Waals surface area contributed by atoms with Crippen LogP contribution in [-0.4, -0.2) is 36.1 Å². The van der Waals surface area contributed by atoms with Crippen molar-refractivity contribution in [2.45, 2.75) is 18.5 Å². The normalized spacial score (nSPS) is 11.0. The number of hydrogen-bond donors (Lipinski definition) is 2. The van der Waals surface area contributed by atoms with Crippen molar-refractivity contribution in [1.29, 1.82) is 0 Å². The summed E-state index contributed by atoms with van der Waals surface area (Å²) in [5.74, 6) is 6.15. The van der Waals surface area contributed by atoms with E-state index in [2.05, 4.69) is 27.5 Å². The number of rotatable bonds is 5. The average molecular weight is 317 g/mol. The van der Waals surface area contributed by atoms with Gasteiger partial charge in [-0.2, -0.15) is 9.61 Å². The monoisotopic (exact) mass is 317 g/mol. The highest BCUT2D eigenvalue weighted by Gasteiger charge is 2.12. The summed E-state index contributed by atoms with van der Waals surface area (Å²) in [5.41, 5.74) is 2.01. The number of aryl methyl sites for hydroxylation is 1. The lowest BCUT2D eigenvalue weighted by molar-refractivity contribution is -0.113. The van der Waals surface area contributed by atoms with Gasteiger partial charge in [0.1, 0.15) is 6.33 Å². The van der Waals surface area contributed by atoms with Gasteiger partial charge in [0.05, 0.1) is 5.75 Å². The van der Waals surface area contributed by atoms with Crippen LogP contribution in [0.3, 0.4) is 0 Å². The van der Waals surface area contributed by atoms with Gasteiger partial charge in [0.25, 0.3) is 5.78 Å². The summed E-state index contributed by atoms with van der Waals surface area (Å²) < 4.78 is 2.76. The standard InChI is InChI=1S/C13H15N7OS/c1-2-9-3-5-10(6-4-9)16-11(21)7-22-13-18-17-12-19(14)8-15-20(12)13/h3-6,8H,2,7,14H2,1H3,(H,16,21). The first-order valence-electron chi connectivity index (χ1n) is 6.73. The van der Waals surface area contributed by atoms with Crippen LogP contribution in [0.4, 0.5) is 5.69 Å². The van der Waals surface area contributed by atoms with Gasteiger partial charge in [-0.15, -0.1) is 10.2 Å². The number of benzene rings is 1. The topological polar surface area (TPSA) is 103 Å². The van der Waals surface area contributed by atoms with Gasteiger partial charge in [0.15, 0.2) is 0 Å². The number of aromatic nitrogens is 5. The molecule has 22 heavy (non-hydrogen) atoms. The van der Waals surface area contributed by atoms with E-state index in [0.717, 1.165) is 12.1 Å². The van der Waals surface area contributed by atoms with Gasteiger partial charge < -0.3 is 11.2 Å². The molecule has 1 aromatic carbocycles. The number of carbonyl (C=O) groups excluding carboxylic acids is 1. The second kappa shape index (κ2) is 6.06. The lowest BCUT2D eigenvalue weighted by Crippen LogP contribution is -2.14. The third-order valence-electron chi connectivity index (χ3n) is 3.10. The maximum absolute atomic E-state index is 12.0. The molecule has 0 aliphatic heterocycles. The maximum atomic E-state index is 12.0. The molecule has 8 nitrogen and oxygen atoms in total. The molecule has 0 unspecified atom stereocenters. The molecule has 0 fully saturated rings. The van der Waals surface area contributed by atoms with Gasteiger partial charge in [0.2, 0.25) is 11.1 Å². The van der Waals surface area contributed by atoms with Crippen LogP contribution in [-0.2, 0) is 11.2 Å². The number of nitrogens with two attached hydrogens (primary N) is 1. The number of carbonyl (C=O) groups is 1. The summed E-state index contributed by atoms with van der Waals surface area (Å²) in [5, 5.41) is 15.2. The fraction of sp³-hybridized carbons (Fsp3) is 0.231. The number of thioether (sulfide) groups is 1. The van der Waals surface area contributed by atoms with E-state index >= 15 is 0 Å². The van der Waals surface area contributed by atoms with E-state index in [1.54, 1.807) is 0 Å². The van der Waals surface area contributed by atoms with E-state index in [-0.39, 0.29) is 11.7 Å². The van der Waals surface area contributed by atoms with Crippen LogP contribution in [0.15, 0.2) is 35.7 Å². The minimum atomic E-state index is -0.113. The number of fused-ring (bicyclic) bond motifs is 1. The minimum absolute atomic E-state index is 0.113. The fourth-order valence-electron chi connectivity index (χ4n) is 1.92. The summed E-state index contributed by atoms with van der Waals surface area (Å²) in [4.78, 5) is 12.0. The molecule has 3 N–H and O–H groups in total. The summed E-state index contributed by atoms with van der Waals surface area (Å²) in [7, 11) is 0. The van der Waals surface area contributed by atoms with E-state index in [4.69, 9.17) is 5.84 Å². The van der Waals surface area contributed by atoms with Crippen LogP contribution in [0.2, 0.25) is 0 Å². The third-order valence-corrected chi connectivity index (χ3v) is 4.02. The van der Waals surface area contributed by atoms with E-state index in [9.17, 15) is 4.79 Å². The van der Waals surface area contributed by atoms with Gasteiger partial charge in [-0.25, -0.2) is 4.68 Å². The summed E-state index contributed by atoms with van der Waals surface area (Å²) >= 11 is 1.25. The molecule has 1 amide bonds. The average Bonchev–Trinajstić information content (AvgIpc) is 3.09. The van der Waals surface area contributed by atoms with Crippen LogP contribution in [0.25, 0.3) is 5.78 Å². The molecule has 2 heterocycles. The van der Waals surface area contributed by atoms with Crippen molar-refractivity contribution in [2.24, 2.45) is 0 Å². The number of amides is 1. The zero-order valence-corrected chi connectivity index (χ0v) is 12.7. The van der Waals surface area contributed by atoms with Crippen LogP contribution in [0, 0.1) is 0 Å². The van der Waals surface area contributed by atoms with Gasteiger partial charge in [0, 0.05) is 5.69 Å². The third kappa shape index (κ3) is 2.89. The minimum Gasteiger partial charge on any atom is -0.335 e. The summed E-state index contributed by atoms with van der Waals surface area (Å²) in [6.45, 7) is 2.09. The SMILES string of the molecule is CCc1ccc(NC(=O)CSc2nnc3n(N)cnn23)cc1. The summed E-state index contributed by atoms with van der Waals surface area (Å²) in [6, 6.07) is 7.79. The molecular weight excluding hydrogens is 302 g/mol. The molecule has 9 heteroatoms. The predicted molar refractivity (Wildman–Crippen MR) is 84.1 cm³/mol. The largest absolute Gasteiger partial charge is 0.335 e. The Hall–Kier alpha value is -2.55. The van der Waals surface area contributed by atoms with Crippen LogP contribution < -0.4 is 11.2 Å². The van der Waals surface area contributed by atoms with E-state index < -0.39 is 0 Å². The van der Waals surface area contributed by atoms with Crippen LogP contribution in [0.1, 0.15) is 12.5 Å². The Morgan fingerprint density at radius 1 is 1.32 bits per heavy atom. The van der Waals surface area contributed by atoms with Crippen molar-refractivity contribution in [3.8, 4) is 0 Å². The highest BCUT2D eigenvalue weighted by molar-refractivity contribution is 7.99. The van der Waals surface area contributed by atoms with Crippen LogP contribution >= 0.6 is 11.8 Å². The zero-order chi connectivity index (χ0) is 15.5. The first-order valence-corrected chi connectivity index (χ1v) is 7.71. The quantitative estimate of drug-likeness (QED) is 0.536. The molecule has 0 spiro atoms. The van der Waals surface area contributed by atoms with Crippen molar-refractivity contribution >= 4 is 29.1 Å². The number of hydrogen-bond acceptors (Lipinski definition) is 6. The number of nitrogens with zero attached hydrogens (tertiary/aromatic N) is 5. The van der Waals surface area contributed by atoms with Crippen molar-refractivity contribution in [3.05, 3.63) is 36.2 Å². The van der Waals surface area contributed by atoms with E-state index in [0.29, 0.717) is 10.9 Å². The second-order valence-corrected chi connectivity index (χ2v) is 5.56. The molecule has 0 atom stereocenters. The molecule has 0 bridgehead atoms. The van der Waals surface area contributed by atoms with Gasteiger partial charge in [-0.05, 0) is 24.1 Å². The first kappa shape index (κ1) is 14.4. The predicted octanol–water partition coefficient (Wildman–Crippen LogP) is 0.933. The van der Waals surface area contributed by atoms with Crippen molar-refractivity contribution in [2.75, 3.05) is 16.9 Å². The molecule has 114 valence electrons. The molecule has 0 saturated carbocycles. The Morgan fingerprint density at radius 2 is 2.09 bits per heavy atom. The Balaban J connectivity index is 1.59. The first-order chi connectivity index (χ1) is 10.7. The fourth-order valence-corrected chi connectivity index (χ4v) is 2.60. The lowest BCUT2D eigenvalue weighted by Gasteiger charge is -2.05. The lowest BCUT2D eigenvalue weighted by atomic mass is 10.1. The number of anilines is 1. The molecule has 0 saturated heterocycles. The Morgan fingerprint density at radius 3 is 2.82 bits per heavy atom. The van der Waals surface area contributed by atoms with E-state index in [1.165, 1.54) is 32.8 Å². The van der Waals surface area contributed by atoms with Gasteiger partial charge in [-0.1, -0.05) is 30.8 Å². The van der Waals surface area contributed by atoms with Gasteiger partial charge >= 0.3 is 0 Å². The molecule has 0 radical (unpaired) electrons. The smallest absolute Gasteiger partial charge is 0.273 e. The van der Waals surface area contributed by atoms with Gasteiger partial charge in [-0.3, -0.25) is 4.79 Å². The molecular formula is C13H15N7OS. The zero-order valence-electron chi connectivity index (χ0n) is 11.9. The summed E-state index contributed by atoms with van der Waals surface area (Å²) in [6.07, 6.45) is 2.41. The molecule has 3 aromatic rings. The highest BCUT2D eigenvalue weighted by atomic mass is 32.2. The van der Waals surface area contributed by atoms with Crippen LogP contribution in [0.5, 0.6) is 0 Å². The maximum Gasteiger partial charge on any atom is 0.273 e. The Kier molecular flexibility index (Phi) is 3.96. The molecule has 2 aromatic heterocycles. The molecule has 0 aliphatic carbocycles. The molecule has 0 aliphatic rings. The second-order valence-electron chi connectivity index (χ2n) is 4.62. The van der Waals surface area contributed by atoms with E-state index in [1.807, 2.05) is 24.3 Å². The van der Waals surface area contributed by atoms with Crippen molar-refractivity contribution in [1.82, 2.24) is 24.5 Å². The number of nitrogens with one attached hydrogen (secondary N) is 1. The number of nitrogen functional groups attached to an aromatic ring is 1.